The SMILES string of the molecule is COc1ccc2c(c1)CCCC2(O)CNC(=O)c1ccc(OC)c(OC)c1OC. The number of hydrogen-bond acceptors (Lipinski definition) is 6. The van der Waals surface area contributed by atoms with E-state index in [9.17, 15) is 9.90 Å². The van der Waals surface area contributed by atoms with E-state index in [1.165, 1.54) is 21.3 Å². The number of carbonyl (C=O) groups is 1. The van der Waals surface area contributed by atoms with Gasteiger partial charge < -0.3 is 29.4 Å². The highest BCUT2D eigenvalue weighted by molar-refractivity contribution is 5.98. The van der Waals surface area contributed by atoms with Gasteiger partial charge in [0.2, 0.25) is 5.75 Å². The first-order valence-corrected chi connectivity index (χ1v) is 9.44. The van der Waals surface area contributed by atoms with Gasteiger partial charge in [-0.25, -0.2) is 0 Å². The summed E-state index contributed by atoms with van der Waals surface area (Å²) in [5, 5.41) is 14.1. The summed E-state index contributed by atoms with van der Waals surface area (Å²) in [4.78, 5) is 12.9. The summed E-state index contributed by atoms with van der Waals surface area (Å²) >= 11 is 0. The van der Waals surface area contributed by atoms with Crippen molar-refractivity contribution in [2.75, 3.05) is 35.0 Å². The van der Waals surface area contributed by atoms with Crippen LogP contribution in [0, 0.1) is 0 Å². The third-order valence-electron chi connectivity index (χ3n) is 5.34. The van der Waals surface area contributed by atoms with Crippen LogP contribution in [0.2, 0.25) is 0 Å². The fourth-order valence-corrected chi connectivity index (χ4v) is 3.85. The number of benzene rings is 2. The van der Waals surface area contributed by atoms with Crippen LogP contribution < -0.4 is 24.3 Å². The number of aliphatic hydroxyl groups is 1. The van der Waals surface area contributed by atoms with Crippen LogP contribution in [0.3, 0.4) is 0 Å². The summed E-state index contributed by atoms with van der Waals surface area (Å²) in [5.74, 6) is 1.49. The lowest BCUT2D eigenvalue weighted by atomic mass is 9.79. The van der Waals surface area contributed by atoms with E-state index in [-0.39, 0.29) is 18.2 Å². The van der Waals surface area contributed by atoms with Gasteiger partial charge in [0.1, 0.15) is 11.4 Å². The Morgan fingerprint density at radius 2 is 1.79 bits per heavy atom. The third-order valence-corrected chi connectivity index (χ3v) is 5.34. The van der Waals surface area contributed by atoms with E-state index in [2.05, 4.69) is 5.32 Å². The van der Waals surface area contributed by atoms with Crippen molar-refractivity contribution >= 4 is 5.91 Å². The van der Waals surface area contributed by atoms with Crippen molar-refractivity contribution in [1.82, 2.24) is 5.32 Å². The van der Waals surface area contributed by atoms with E-state index in [1.54, 1.807) is 19.2 Å². The van der Waals surface area contributed by atoms with Gasteiger partial charge >= 0.3 is 0 Å². The molecule has 1 unspecified atom stereocenters. The molecule has 2 aromatic carbocycles. The Kier molecular flexibility index (Phi) is 6.17. The van der Waals surface area contributed by atoms with Crippen molar-refractivity contribution in [3.8, 4) is 23.0 Å². The quantitative estimate of drug-likeness (QED) is 0.742. The molecule has 0 fully saturated rings. The van der Waals surface area contributed by atoms with Crippen LogP contribution in [0.1, 0.15) is 34.3 Å². The molecule has 0 saturated heterocycles. The van der Waals surface area contributed by atoms with Crippen molar-refractivity contribution in [3.05, 3.63) is 47.0 Å². The van der Waals surface area contributed by atoms with Gasteiger partial charge in [-0.1, -0.05) is 6.07 Å². The fraction of sp³-hybridized carbons (Fsp3) is 0.409. The molecule has 156 valence electrons. The smallest absolute Gasteiger partial charge is 0.255 e. The Hall–Kier alpha value is -2.93. The number of amides is 1. The number of nitrogens with one attached hydrogen (secondary N) is 1. The molecule has 0 spiro atoms. The van der Waals surface area contributed by atoms with Crippen molar-refractivity contribution < 1.29 is 28.8 Å². The average Bonchev–Trinajstić information content (AvgIpc) is 2.76. The molecule has 0 radical (unpaired) electrons. The number of carbonyl (C=O) groups excluding carboxylic acids is 1. The monoisotopic (exact) mass is 401 g/mol. The number of hydrogen-bond donors (Lipinski definition) is 2. The number of methoxy groups -OCH3 is 4. The highest BCUT2D eigenvalue weighted by Crippen LogP contribution is 2.40. The van der Waals surface area contributed by atoms with Gasteiger partial charge in [0.05, 0.1) is 40.5 Å². The zero-order valence-electron chi connectivity index (χ0n) is 17.2. The van der Waals surface area contributed by atoms with Gasteiger partial charge in [-0.2, -0.15) is 0 Å². The van der Waals surface area contributed by atoms with E-state index in [4.69, 9.17) is 18.9 Å². The maximum atomic E-state index is 12.9. The predicted octanol–water partition coefficient (Wildman–Crippen LogP) is 2.67. The Bertz CT molecular complexity index is 897. The predicted molar refractivity (Wildman–Crippen MR) is 108 cm³/mol. The summed E-state index contributed by atoms with van der Waals surface area (Å²) in [6.07, 6.45) is 2.26. The lowest BCUT2D eigenvalue weighted by Gasteiger charge is -2.35. The lowest BCUT2D eigenvalue weighted by molar-refractivity contribution is 0.0188. The van der Waals surface area contributed by atoms with Crippen LogP contribution in [0.15, 0.2) is 30.3 Å². The minimum atomic E-state index is -1.14. The molecule has 1 atom stereocenters. The molecule has 7 heteroatoms. The summed E-state index contributed by atoms with van der Waals surface area (Å²) in [5.41, 5.74) is 1.03. The van der Waals surface area contributed by atoms with Gasteiger partial charge in [0, 0.05) is 0 Å². The number of ether oxygens (including phenoxy) is 4. The molecule has 0 heterocycles. The second-order valence-corrected chi connectivity index (χ2v) is 6.97. The van der Waals surface area contributed by atoms with Crippen LogP contribution >= 0.6 is 0 Å². The highest BCUT2D eigenvalue weighted by atomic mass is 16.5. The van der Waals surface area contributed by atoms with E-state index >= 15 is 0 Å². The molecule has 0 saturated carbocycles. The molecule has 3 rings (SSSR count). The summed E-state index contributed by atoms with van der Waals surface area (Å²) < 4.78 is 21.3. The fourth-order valence-electron chi connectivity index (χ4n) is 3.85. The van der Waals surface area contributed by atoms with Crippen molar-refractivity contribution in [2.45, 2.75) is 24.9 Å². The largest absolute Gasteiger partial charge is 0.497 e. The minimum absolute atomic E-state index is 0.0860. The van der Waals surface area contributed by atoms with Crippen molar-refractivity contribution in [2.24, 2.45) is 0 Å². The Labute approximate surface area is 170 Å². The topological polar surface area (TPSA) is 86.3 Å². The van der Waals surface area contributed by atoms with Crippen LogP contribution in [0.25, 0.3) is 0 Å². The first kappa shape index (κ1) is 20.8. The Morgan fingerprint density at radius 3 is 2.45 bits per heavy atom. The van der Waals surface area contributed by atoms with Gasteiger partial charge in [-0.3, -0.25) is 4.79 Å². The third kappa shape index (κ3) is 3.96. The molecule has 2 N–H and O–H groups in total. The second kappa shape index (κ2) is 8.61. The Morgan fingerprint density at radius 1 is 1.03 bits per heavy atom. The maximum absolute atomic E-state index is 12.9. The van der Waals surface area contributed by atoms with Crippen molar-refractivity contribution in [3.63, 3.8) is 0 Å². The molecular formula is C22H27NO6. The first-order valence-electron chi connectivity index (χ1n) is 9.44. The molecule has 1 aliphatic rings. The van der Waals surface area contributed by atoms with Crippen LogP contribution in [0.5, 0.6) is 23.0 Å². The summed E-state index contributed by atoms with van der Waals surface area (Å²) in [7, 11) is 6.08. The number of rotatable bonds is 7. The second-order valence-electron chi connectivity index (χ2n) is 6.97. The molecule has 29 heavy (non-hydrogen) atoms. The molecule has 2 aromatic rings. The highest BCUT2D eigenvalue weighted by Gasteiger charge is 2.35. The minimum Gasteiger partial charge on any atom is -0.497 e. The van der Waals surface area contributed by atoms with Gasteiger partial charge in [-0.05, 0) is 54.7 Å². The summed E-state index contributed by atoms with van der Waals surface area (Å²) in [6.45, 7) is 0.0860. The number of aryl methyl sites for hydroxylation is 1. The molecule has 7 nitrogen and oxygen atoms in total. The molecule has 0 bridgehead atoms. The van der Waals surface area contributed by atoms with Gasteiger partial charge in [-0.15, -0.1) is 0 Å². The molecule has 0 aromatic heterocycles. The molecular weight excluding hydrogens is 374 g/mol. The normalized spacial score (nSPS) is 17.8. The number of fused-ring (bicyclic) bond motifs is 1. The zero-order chi connectivity index (χ0) is 21.0. The van der Waals surface area contributed by atoms with Crippen LogP contribution in [0.4, 0.5) is 0 Å². The summed E-state index contributed by atoms with van der Waals surface area (Å²) in [6, 6.07) is 8.90. The molecule has 1 aliphatic carbocycles. The first-order chi connectivity index (χ1) is 14.0. The Balaban J connectivity index is 1.83. The van der Waals surface area contributed by atoms with Crippen LogP contribution in [-0.4, -0.2) is 46.0 Å². The zero-order valence-corrected chi connectivity index (χ0v) is 17.2. The maximum Gasteiger partial charge on any atom is 0.255 e. The standard InChI is InChI=1S/C22H27NO6/c1-26-15-7-9-17-14(12-15)6-5-11-22(17,25)13-23-21(24)16-8-10-18(27-2)20(29-4)19(16)28-3/h7-10,12,25H,5-6,11,13H2,1-4H3,(H,23,24). The van der Waals surface area contributed by atoms with Crippen LogP contribution in [-0.2, 0) is 12.0 Å². The van der Waals surface area contributed by atoms with Gasteiger partial charge in [0.15, 0.2) is 11.5 Å². The van der Waals surface area contributed by atoms with E-state index in [0.29, 0.717) is 23.5 Å². The van der Waals surface area contributed by atoms with Gasteiger partial charge in [0.25, 0.3) is 5.91 Å². The average molecular weight is 401 g/mol. The lowest BCUT2D eigenvalue weighted by Crippen LogP contribution is -2.43. The van der Waals surface area contributed by atoms with Crippen molar-refractivity contribution in [1.29, 1.82) is 0 Å². The molecule has 1 amide bonds. The van der Waals surface area contributed by atoms with E-state index in [1.807, 2.05) is 18.2 Å². The van der Waals surface area contributed by atoms with E-state index in [0.717, 1.165) is 29.7 Å². The molecule has 0 aliphatic heterocycles. The van der Waals surface area contributed by atoms with E-state index < -0.39 is 5.60 Å².